The first-order valence-corrected chi connectivity index (χ1v) is 7.27. The van der Waals surface area contributed by atoms with E-state index in [0.717, 1.165) is 4.88 Å². The number of thiophene rings is 1. The highest BCUT2D eigenvalue weighted by Gasteiger charge is 2.27. The fourth-order valence-corrected chi connectivity index (χ4v) is 4.12. The first-order valence-electron chi connectivity index (χ1n) is 4.60. The number of hydrogen-bond donors (Lipinski definition) is 1. The van der Waals surface area contributed by atoms with Crippen LogP contribution in [0.5, 0.6) is 0 Å². The van der Waals surface area contributed by atoms with E-state index in [4.69, 9.17) is 18.0 Å². The second kappa shape index (κ2) is 4.79. The molecule has 0 amide bonds. The standard InChI is InChI=1S/C9H14N2O2S3/c1-6-4-5-8(15-6)16(12,13)11(3)7(2)9(10)14/h4-5,7H,1-3H3,(H2,10,14). The van der Waals surface area contributed by atoms with Crippen LogP contribution in [0.2, 0.25) is 0 Å². The molecular weight excluding hydrogens is 264 g/mol. The van der Waals surface area contributed by atoms with Crippen molar-refractivity contribution in [3.63, 3.8) is 0 Å². The monoisotopic (exact) mass is 278 g/mol. The second-order valence-corrected chi connectivity index (χ2v) is 7.45. The Balaban J connectivity index is 3.08. The van der Waals surface area contributed by atoms with Crippen LogP contribution in [-0.4, -0.2) is 30.8 Å². The summed E-state index contributed by atoms with van der Waals surface area (Å²) in [6, 6.07) is 2.89. The van der Waals surface area contributed by atoms with Gasteiger partial charge in [-0.2, -0.15) is 4.31 Å². The minimum Gasteiger partial charge on any atom is -0.392 e. The van der Waals surface area contributed by atoms with Crippen molar-refractivity contribution in [1.82, 2.24) is 4.31 Å². The Morgan fingerprint density at radius 3 is 2.50 bits per heavy atom. The molecule has 1 heterocycles. The van der Waals surface area contributed by atoms with Crippen LogP contribution in [-0.2, 0) is 10.0 Å². The van der Waals surface area contributed by atoms with Crippen molar-refractivity contribution in [2.24, 2.45) is 5.73 Å². The quantitative estimate of drug-likeness (QED) is 0.845. The number of rotatable bonds is 4. The van der Waals surface area contributed by atoms with Gasteiger partial charge in [0.15, 0.2) is 0 Å². The van der Waals surface area contributed by atoms with Gasteiger partial charge in [0.2, 0.25) is 0 Å². The van der Waals surface area contributed by atoms with Gasteiger partial charge in [0.25, 0.3) is 10.0 Å². The molecule has 2 N–H and O–H groups in total. The third kappa shape index (κ3) is 2.60. The fraction of sp³-hybridized carbons (Fsp3) is 0.444. The van der Waals surface area contributed by atoms with Crippen molar-refractivity contribution < 1.29 is 8.42 Å². The number of likely N-dealkylation sites (N-methyl/N-ethyl adjacent to an activating group) is 1. The average Bonchev–Trinajstić information content (AvgIpc) is 2.62. The summed E-state index contributed by atoms with van der Waals surface area (Å²) in [4.78, 5) is 1.12. The lowest BCUT2D eigenvalue weighted by Gasteiger charge is -2.22. The van der Waals surface area contributed by atoms with Gasteiger partial charge in [0.1, 0.15) is 4.21 Å². The van der Waals surface area contributed by atoms with E-state index in [0.29, 0.717) is 4.21 Å². The molecule has 90 valence electrons. The zero-order chi connectivity index (χ0) is 12.5. The zero-order valence-electron chi connectivity index (χ0n) is 9.30. The largest absolute Gasteiger partial charge is 0.392 e. The van der Waals surface area contributed by atoms with Crippen molar-refractivity contribution in [3.8, 4) is 0 Å². The Morgan fingerprint density at radius 1 is 1.56 bits per heavy atom. The molecule has 4 nitrogen and oxygen atoms in total. The summed E-state index contributed by atoms with van der Waals surface area (Å²) in [5.74, 6) is 0. The smallest absolute Gasteiger partial charge is 0.252 e. The molecule has 0 aliphatic heterocycles. The minimum atomic E-state index is -3.48. The van der Waals surface area contributed by atoms with Crippen molar-refractivity contribution in [1.29, 1.82) is 0 Å². The lowest BCUT2D eigenvalue weighted by Crippen LogP contribution is -2.42. The maximum Gasteiger partial charge on any atom is 0.252 e. The topological polar surface area (TPSA) is 63.4 Å². The Kier molecular flexibility index (Phi) is 4.06. The van der Waals surface area contributed by atoms with Gasteiger partial charge in [-0.25, -0.2) is 8.42 Å². The molecule has 0 saturated heterocycles. The molecule has 1 aromatic heterocycles. The Bertz CT molecular complexity index is 493. The maximum atomic E-state index is 12.1. The van der Waals surface area contributed by atoms with E-state index in [1.54, 1.807) is 19.1 Å². The van der Waals surface area contributed by atoms with Gasteiger partial charge in [0.05, 0.1) is 11.0 Å². The summed E-state index contributed by atoms with van der Waals surface area (Å²) >= 11 is 6.03. The number of hydrogen-bond acceptors (Lipinski definition) is 4. The van der Waals surface area contributed by atoms with Gasteiger partial charge in [-0.15, -0.1) is 11.3 Å². The molecule has 1 atom stereocenters. The molecule has 0 radical (unpaired) electrons. The predicted octanol–water partition coefficient (Wildman–Crippen LogP) is 1.35. The van der Waals surface area contributed by atoms with Crippen LogP contribution in [0.25, 0.3) is 0 Å². The van der Waals surface area contributed by atoms with Gasteiger partial charge in [-0.3, -0.25) is 0 Å². The van der Waals surface area contributed by atoms with E-state index < -0.39 is 16.1 Å². The first-order chi connectivity index (χ1) is 7.26. The van der Waals surface area contributed by atoms with Gasteiger partial charge in [-0.05, 0) is 26.0 Å². The van der Waals surface area contributed by atoms with Crippen LogP contribution in [0.3, 0.4) is 0 Å². The average molecular weight is 278 g/mol. The fourth-order valence-electron chi connectivity index (χ4n) is 1.08. The SMILES string of the molecule is Cc1ccc(S(=O)(=O)N(C)C(C)C(N)=S)s1. The Labute approximate surface area is 105 Å². The van der Waals surface area contributed by atoms with E-state index in [1.165, 1.54) is 22.7 Å². The highest BCUT2D eigenvalue weighted by molar-refractivity contribution is 7.91. The number of thiocarbonyl (C=S) groups is 1. The van der Waals surface area contributed by atoms with E-state index in [-0.39, 0.29) is 4.99 Å². The molecule has 0 aliphatic carbocycles. The summed E-state index contributed by atoms with van der Waals surface area (Å²) in [5, 5.41) is 0. The van der Waals surface area contributed by atoms with Crippen LogP contribution in [0, 0.1) is 6.92 Å². The number of aryl methyl sites for hydroxylation is 1. The van der Waals surface area contributed by atoms with Crippen molar-refractivity contribution in [2.45, 2.75) is 24.1 Å². The highest BCUT2D eigenvalue weighted by Crippen LogP contribution is 2.24. The van der Waals surface area contributed by atoms with Crippen molar-refractivity contribution >= 4 is 38.6 Å². The number of nitrogens with two attached hydrogens (primary N) is 1. The van der Waals surface area contributed by atoms with Crippen LogP contribution in [0.4, 0.5) is 0 Å². The van der Waals surface area contributed by atoms with Gasteiger partial charge in [0, 0.05) is 11.9 Å². The number of sulfonamides is 1. The van der Waals surface area contributed by atoms with Crippen LogP contribution in [0.15, 0.2) is 16.3 Å². The molecule has 0 aromatic carbocycles. The number of nitrogens with zero attached hydrogens (tertiary/aromatic N) is 1. The van der Waals surface area contributed by atoms with E-state index in [9.17, 15) is 8.42 Å². The molecule has 0 fully saturated rings. The minimum absolute atomic E-state index is 0.166. The summed E-state index contributed by atoms with van der Waals surface area (Å²) in [6.07, 6.45) is 0. The highest BCUT2D eigenvalue weighted by atomic mass is 32.2. The molecule has 1 unspecified atom stereocenters. The van der Waals surface area contributed by atoms with Gasteiger partial charge in [-0.1, -0.05) is 12.2 Å². The molecule has 7 heteroatoms. The third-order valence-corrected chi connectivity index (χ3v) is 6.04. The maximum absolute atomic E-state index is 12.1. The van der Waals surface area contributed by atoms with E-state index >= 15 is 0 Å². The predicted molar refractivity (Wildman–Crippen MR) is 70.3 cm³/mol. The van der Waals surface area contributed by atoms with Crippen molar-refractivity contribution in [2.75, 3.05) is 7.05 Å². The van der Waals surface area contributed by atoms with Gasteiger partial charge >= 0.3 is 0 Å². The molecule has 1 aromatic rings. The molecule has 1 rings (SSSR count). The van der Waals surface area contributed by atoms with Crippen molar-refractivity contribution in [3.05, 3.63) is 17.0 Å². The Hall–Kier alpha value is -0.500. The third-order valence-electron chi connectivity index (χ3n) is 2.31. The van der Waals surface area contributed by atoms with E-state index in [2.05, 4.69) is 0 Å². The molecule has 0 saturated carbocycles. The molecular formula is C9H14N2O2S3. The second-order valence-electron chi connectivity index (χ2n) is 3.46. The lowest BCUT2D eigenvalue weighted by atomic mass is 10.3. The van der Waals surface area contributed by atoms with E-state index in [1.807, 2.05) is 6.92 Å². The normalized spacial score (nSPS) is 14.0. The van der Waals surface area contributed by atoms with Crippen LogP contribution >= 0.6 is 23.6 Å². The first kappa shape index (κ1) is 13.6. The van der Waals surface area contributed by atoms with Crippen LogP contribution < -0.4 is 5.73 Å². The van der Waals surface area contributed by atoms with Gasteiger partial charge < -0.3 is 5.73 Å². The molecule has 0 aliphatic rings. The Morgan fingerprint density at radius 2 is 2.12 bits per heavy atom. The summed E-state index contributed by atoms with van der Waals surface area (Å²) < 4.78 is 25.7. The molecule has 0 bridgehead atoms. The summed E-state index contributed by atoms with van der Waals surface area (Å²) in [7, 11) is -2.00. The molecule has 0 spiro atoms. The zero-order valence-corrected chi connectivity index (χ0v) is 11.7. The summed E-state index contributed by atoms with van der Waals surface area (Å²) in [5.41, 5.74) is 5.45. The van der Waals surface area contributed by atoms with Crippen LogP contribution in [0.1, 0.15) is 11.8 Å². The lowest BCUT2D eigenvalue weighted by molar-refractivity contribution is 0.453. The summed E-state index contributed by atoms with van der Waals surface area (Å²) in [6.45, 7) is 3.53. The molecule has 16 heavy (non-hydrogen) atoms.